The monoisotopic (exact) mass is 260 g/mol. The van der Waals surface area contributed by atoms with Crippen LogP contribution < -0.4 is 0 Å². The molecule has 0 N–H and O–H groups in total. The van der Waals surface area contributed by atoms with Crippen molar-refractivity contribution in [2.75, 3.05) is 0 Å². The molecule has 3 rings (SSSR count). The van der Waals surface area contributed by atoms with Crippen molar-refractivity contribution >= 4 is 19.9 Å². The molecule has 2 aromatic rings. The van der Waals surface area contributed by atoms with Crippen molar-refractivity contribution in [3.05, 3.63) is 82.9 Å². The minimum atomic E-state index is 0.762. The molecular formula is C18H16Si. The van der Waals surface area contributed by atoms with Crippen molar-refractivity contribution in [1.82, 2.24) is 0 Å². The number of allylic oxidation sites excluding steroid dienone is 2. The maximum atomic E-state index is 2.26. The summed E-state index contributed by atoms with van der Waals surface area (Å²) in [5.41, 5.74) is 5.33. The molecule has 1 aliphatic rings. The second-order valence-electron chi connectivity index (χ2n) is 5.02. The van der Waals surface area contributed by atoms with Gasteiger partial charge in [0.1, 0.15) is 9.52 Å². The lowest BCUT2D eigenvalue weighted by Crippen LogP contribution is -1.96. The molecule has 2 aromatic carbocycles. The van der Waals surface area contributed by atoms with Gasteiger partial charge in [0.25, 0.3) is 0 Å². The summed E-state index contributed by atoms with van der Waals surface area (Å²) in [6.45, 7) is 4.26. The molecule has 0 saturated heterocycles. The van der Waals surface area contributed by atoms with Gasteiger partial charge >= 0.3 is 0 Å². The summed E-state index contributed by atoms with van der Waals surface area (Å²) in [7, 11) is 0.762. The van der Waals surface area contributed by atoms with E-state index in [1.807, 2.05) is 0 Å². The van der Waals surface area contributed by atoms with Crippen LogP contribution in [0.1, 0.15) is 22.3 Å². The Bertz CT molecular complexity index is 584. The molecule has 92 valence electrons. The zero-order valence-corrected chi connectivity index (χ0v) is 12.3. The van der Waals surface area contributed by atoms with E-state index < -0.39 is 0 Å². The lowest BCUT2D eigenvalue weighted by Gasteiger charge is -2.06. The molecule has 1 heterocycles. The van der Waals surface area contributed by atoms with Gasteiger partial charge < -0.3 is 0 Å². The molecule has 0 spiro atoms. The predicted octanol–water partition coefficient (Wildman–Crippen LogP) is 4.40. The van der Waals surface area contributed by atoms with E-state index in [1.165, 1.54) is 32.6 Å². The van der Waals surface area contributed by atoms with Gasteiger partial charge in [-0.25, -0.2) is 0 Å². The number of aryl methyl sites for hydroxylation is 2. The first-order valence-corrected chi connectivity index (χ1v) is 7.55. The van der Waals surface area contributed by atoms with Crippen LogP contribution in [0.3, 0.4) is 0 Å². The molecule has 0 aromatic heterocycles. The highest BCUT2D eigenvalue weighted by Crippen LogP contribution is 2.27. The minimum Gasteiger partial charge on any atom is -0.0626 e. The molecule has 0 unspecified atom stereocenters. The zero-order valence-electron chi connectivity index (χ0n) is 11.3. The number of hydrogen-bond acceptors (Lipinski definition) is 0. The van der Waals surface area contributed by atoms with Crippen LogP contribution in [0.25, 0.3) is 10.4 Å². The van der Waals surface area contributed by atoms with E-state index in [-0.39, 0.29) is 0 Å². The van der Waals surface area contributed by atoms with Crippen LogP contribution in [-0.4, -0.2) is 9.52 Å². The Labute approximate surface area is 117 Å². The smallest absolute Gasteiger partial charge is 0.0626 e. The van der Waals surface area contributed by atoms with Gasteiger partial charge in [-0.05, 0) is 25.0 Å². The van der Waals surface area contributed by atoms with Crippen LogP contribution in [0.2, 0.25) is 0 Å². The van der Waals surface area contributed by atoms with Crippen LogP contribution in [0, 0.1) is 13.8 Å². The highest BCUT2D eigenvalue weighted by molar-refractivity contribution is 6.80. The number of rotatable bonds is 2. The predicted molar refractivity (Wildman–Crippen MR) is 84.1 cm³/mol. The lowest BCUT2D eigenvalue weighted by atomic mass is 10.1. The molecule has 2 radical (unpaired) electrons. The molecule has 1 aliphatic heterocycles. The van der Waals surface area contributed by atoms with E-state index in [4.69, 9.17) is 0 Å². The third-order valence-electron chi connectivity index (χ3n) is 3.41. The largest absolute Gasteiger partial charge is 0.123 e. The second-order valence-corrected chi connectivity index (χ2v) is 6.35. The standard InChI is InChI=1S/C18H16Si/c1-13-3-7-15(8-4-13)17-11-12-18(19-17)16-9-5-14(2)6-10-16/h3-12H,1-2H3. The molecule has 0 atom stereocenters. The van der Waals surface area contributed by atoms with E-state index in [1.54, 1.807) is 0 Å². The Morgan fingerprint density at radius 1 is 0.579 bits per heavy atom. The van der Waals surface area contributed by atoms with Crippen LogP contribution in [0.5, 0.6) is 0 Å². The summed E-state index contributed by atoms with van der Waals surface area (Å²) >= 11 is 0. The molecule has 0 nitrogen and oxygen atoms in total. The van der Waals surface area contributed by atoms with Crippen LogP contribution in [0.15, 0.2) is 60.7 Å². The van der Waals surface area contributed by atoms with Gasteiger partial charge in [-0.15, -0.1) is 0 Å². The third-order valence-corrected chi connectivity index (χ3v) is 4.86. The maximum absolute atomic E-state index is 2.26. The zero-order chi connectivity index (χ0) is 13.2. The summed E-state index contributed by atoms with van der Waals surface area (Å²) in [5, 5.41) is 2.88. The summed E-state index contributed by atoms with van der Waals surface area (Å²) in [6.07, 6.45) is 4.52. The van der Waals surface area contributed by atoms with Gasteiger partial charge in [-0.1, -0.05) is 82.2 Å². The molecule has 0 amide bonds. The number of hydrogen-bond donors (Lipinski definition) is 0. The van der Waals surface area contributed by atoms with E-state index in [0.29, 0.717) is 0 Å². The minimum absolute atomic E-state index is 0.762. The fourth-order valence-corrected chi connectivity index (χ4v) is 3.44. The molecular weight excluding hydrogens is 244 g/mol. The Kier molecular flexibility index (Phi) is 3.22. The first-order chi connectivity index (χ1) is 9.22. The van der Waals surface area contributed by atoms with Crippen molar-refractivity contribution in [3.8, 4) is 0 Å². The molecule has 0 bridgehead atoms. The lowest BCUT2D eigenvalue weighted by molar-refractivity contribution is 1.46. The van der Waals surface area contributed by atoms with Crippen LogP contribution in [-0.2, 0) is 0 Å². The first kappa shape index (κ1) is 12.2. The molecule has 0 saturated carbocycles. The summed E-state index contributed by atoms with van der Waals surface area (Å²) in [5.74, 6) is 0. The molecule has 19 heavy (non-hydrogen) atoms. The number of benzene rings is 2. The Morgan fingerprint density at radius 2 is 0.947 bits per heavy atom. The Morgan fingerprint density at radius 3 is 1.32 bits per heavy atom. The molecule has 1 heteroatoms. The van der Waals surface area contributed by atoms with Crippen molar-refractivity contribution in [2.24, 2.45) is 0 Å². The van der Waals surface area contributed by atoms with E-state index in [9.17, 15) is 0 Å². The van der Waals surface area contributed by atoms with E-state index in [2.05, 4.69) is 74.5 Å². The third kappa shape index (κ3) is 2.61. The van der Waals surface area contributed by atoms with E-state index in [0.717, 1.165) is 9.52 Å². The maximum Gasteiger partial charge on any atom is 0.123 e. The topological polar surface area (TPSA) is 0 Å². The summed E-state index contributed by atoms with van der Waals surface area (Å²) < 4.78 is 0. The SMILES string of the molecule is Cc1ccc(C2=CC=C(c3ccc(C)cc3)[Si]2)cc1. The van der Waals surface area contributed by atoms with Gasteiger partial charge in [0.2, 0.25) is 0 Å². The fraction of sp³-hybridized carbons (Fsp3) is 0.111. The van der Waals surface area contributed by atoms with Gasteiger partial charge in [0.05, 0.1) is 0 Å². The van der Waals surface area contributed by atoms with Gasteiger partial charge in [0, 0.05) is 0 Å². The Hall–Kier alpha value is -1.86. The average molecular weight is 260 g/mol. The highest BCUT2D eigenvalue weighted by Gasteiger charge is 2.13. The molecule has 0 aliphatic carbocycles. The fourth-order valence-electron chi connectivity index (χ4n) is 2.20. The van der Waals surface area contributed by atoms with Crippen molar-refractivity contribution in [1.29, 1.82) is 0 Å². The summed E-state index contributed by atoms with van der Waals surface area (Å²) in [4.78, 5) is 0. The normalized spacial score (nSPS) is 14.2. The average Bonchev–Trinajstić information content (AvgIpc) is 2.90. The quantitative estimate of drug-likeness (QED) is 0.702. The van der Waals surface area contributed by atoms with Crippen LogP contribution >= 0.6 is 0 Å². The van der Waals surface area contributed by atoms with E-state index >= 15 is 0 Å². The first-order valence-electron chi connectivity index (χ1n) is 6.55. The second kappa shape index (κ2) is 5.02. The van der Waals surface area contributed by atoms with Crippen molar-refractivity contribution in [3.63, 3.8) is 0 Å². The highest BCUT2D eigenvalue weighted by atomic mass is 28.2. The van der Waals surface area contributed by atoms with Gasteiger partial charge in [-0.3, -0.25) is 0 Å². The Balaban J connectivity index is 1.78. The summed E-state index contributed by atoms with van der Waals surface area (Å²) in [6, 6.07) is 17.6. The van der Waals surface area contributed by atoms with Gasteiger partial charge in [-0.2, -0.15) is 0 Å². The van der Waals surface area contributed by atoms with Gasteiger partial charge in [0.15, 0.2) is 0 Å². The van der Waals surface area contributed by atoms with Crippen LogP contribution in [0.4, 0.5) is 0 Å². The molecule has 0 fully saturated rings. The van der Waals surface area contributed by atoms with Crippen molar-refractivity contribution < 1.29 is 0 Å². The van der Waals surface area contributed by atoms with Crippen molar-refractivity contribution in [2.45, 2.75) is 13.8 Å².